The summed E-state index contributed by atoms with van der Waals surface area (Å²) >= 11 is 16.2. The van der Waals surface area contributed by atoms with Crippen molar-refractivity contribution in [3.8, 4) is 0 Å². The van der Waals surface area contributed by atoms with Crippen molar-refractivity contribution in [2.45, 2.75) is 18.2 Å². The summed E-state index contributed by atoms with van der Waals surface area (Å²) in [7, 11) is 0. The van der Waals surface area contributed by atoms with Crippen LogP contribution in [-0.2, 0) is 17.9 Å². The number of aromatic nitrogens is 3. The van der Waals surface area contributed by atoms with E-state index in [9.17, 15) is 14.0 Å². The number of benzene rings is 2. The zero-order valence-electron chi connectivity index (χ0n) is 16.9. The van der Waals surface area contributed by atoms with Crippen molar-refractivity contribution in [1.29, 1.82) is 0 Å². The highest BCUT2D eigenvalue weighted by Crippen LogP contribution is 2.23. The zero-order chi connectivity index (χ0) is 24.0. The fourth-order valence-corrected chi connectivity index (χ4v) is 4.30. The first-order valence-corrected chi connectivity index (χ1v) is 12.0. The van der Waals surface area contributed by atoms with Crippen LogP contribution in [0.4, 0.5) is 10.1 Å². The Labute approximate surface area is 211 Å². The van der Waals surface area contributed by atoms with Gasteiger partial charge in [0.15, 0.2) is 11.0 Å². The number of hydrogen-bond acceptors (Lipinski definition) is 5. The van der Waals surface area contributed by atoms with Crippen molar-refractivity contribution in [3.05, 3.63) is 80.8 Å². The van der Waals surface area contributed by atoms with Crippen LogP contribution in [0.5, 0.6) is 0 Å². The third-order valence-corrected chi connectivity index (χ3v) is 6.23. The van der Waals surface area contributed by atoms with Gasteiger partial charge < -0.3 is 15.2 Å². The van der Waals surface area contributed by atoms with Gasteiger partial charge in [-0.25, -0.2) is 4.39 Å². The number of carbonyl (C=O) groups is 2. The number of nitrogens with one attached hydrogen (secondary N) is 2. The maximum atomic E-state index is 13.9. The van der Waals surface area contributed by atoms with E-state index in [0.29, 0.717) is 27.0 Å². The van der Waals surface area contributed by atoms with E-state index in [0.717, 1.165) is 11.8 Å². The predicted molar refractivity (Wildman–Crippen MR) is 131 cm³/mol. The average molecular weight is 573 g/mol. The van der Waals surface area contributed by atoms with Crippen LogP contribution in [-0.4, -0.2) is 32.3 Å². The topological polar surface area (TPSA) is 88.9 Å². The standard InChI is InChI=1S/C21H17BrCl2FN5O2S/c1-2-7-30-18(10-26-20(32)14-5-4-13(23)9-15(14)24)28-29-21(30)33-11-19(31)27-17-6-3-12(22)8-16(17)25/h2-6,8-9H,1,7,10-11H2,(H,26,32)(H,27,31). The molecule has 0 saturated heterocycles. The van der Waals surface area contributed by atoms with Gasteiger partial charge in [-0.15, -0.1) is 16.8 Å². The number of amides is 2. The minimum absolute atomic E-state index is 0.0163. The minimum atomic E-state index is -0.545. The number of nitrogens with zero attached hydrogens (tertiary/aromatic N) is 3. The van der Waals surface area contributed by atoms with E-state index in [1.165, 1.54) is 24.3 Å². The molecule has 2 aromatic carbocycles. The Morgan fingerprint density at radius 1 is 1.21 bits per heavy atom. The summed E-state index contributed by atoms with van der Waals surface area (Å²) in [6, 6.07) is 8.95. The number of thioether (sulfide) groups is 1. The van der Waals surface area contributed by atoms with Crippen LogP contribution >= 0.6 is 50.9 Å². The summed E-state index contributed by atoms with van der Waals surface area (Å²) in [5.74, 6) is -0.888. The van der Waals surface area contributed by atoms with Gasteiger partial charge in [-0.05, 0) is 36.4 Å². The third-order valence-electron chi connectivity index (χ3n) is 4.23. The quantitative estimate of drug-likeness (QED) is 0.267. The van der Waals surface area contributed by atoms with Gasteiger partial charge in [0.25, 0.3) is 5.91 Å². The van der Waals surface area contributed by atoms with Gasteiger partial charge in [-0.3, -0.25) is 9.59 Å². The molecule has 12 heteroatoms. The van der Waals surface area contributed by atoms with Crippen LogP contribution in [0.25, 0.3) is 0 Å². The largest absolute Gasteiger partial charge is 0.345 e. The van der Waals surface area contributed by atoms with Crippen molar-refractivity contribution >= 4 is 68.4 Å². The first-order valence-electron chi connectivity index (χ1n) is 9.42. The van der Waals surface area contributed by atoms with Crippen LogP contribution in [0, 0.1) is 5.82 Å². The molecule has 33 heavy (non-hydrogen) atoms. The van der Waals surface area contributed by atoms with E-state index >= 15 is 0 Å². The molecule has 7 nitrogen and oxygen atoms in total. The monoisotopic (exact) mass is 571 g/mol. The minimum Gasteiger partial charge on any atom is -0.345 e. The van der Waals surface area contributed by atoms with Gasteiger partial charge in [0.1, 0.15) is 5.82 Å². The van der Waals surface area contributed by atoms with Gasteiger partial charge in [-0.2, -0.15) is 0 Å². The fourth-order valence-electron chi connectivity index (χ4n) is 2.70. The normalized spacial score (nSPS) is 10.7. The van der Waals surface area contributed by atoms with Crippen LogP contribution < -0.4 is 10.6 Å². The Kier molecular flexibility index (Phi) is 8.90. The number of rotatable bonds is 9. The Bertz CT molecular complexity index is 1210. The molecule has 0 aliphatic carbocycles. The van der Waals surface area contributed by atoms with Gasteiger partial charge in [0, 0.05) is 16.0 Å². The smallest absolute Gasteiger partial charge is 0.253 e. The van der Waals surface area contributed by atoms with E-state index < -0.39 is 17.6 Å². The molecule has 0 aliphatic heterocycles. The SMILES string of the molecule is C=CCn1c(CNC(=O)c2ccc(Cl)cc2Cl)nnc1SCC(=O)Nc1ccc(Br)cc1F. The first-order chi connectivity index (χ1) is 15.8. The summed E-state index contributed by atoms with van der Waals surface area (Å²) in [5, 5.41) is 14.6. The number of hydrogen-bond donors (Lipinski definition) is 2. The second-order valence-corrected chi connectivity index (χ2v) is 9.27. The molecule has 1 aromatic heterocycles. The molecule has 0 aliphatic rings. The first kappa shape index (κ1) is 25.2. The lowest BCUT2D eigenvalue weighted by Gasteiger charge is -2.10. The van der Waals surface area contributed by atoms with Crippen molar-refractivity contribution in [2.75, 3.05) is 11.1 Å². The number of anilines is 1. The third kappa shape index (κ3) is 6.80. The maximum Gasteiger partial charge on any atom is 0.253 e. The summed E-state index contributed by atoms with van der Waals surface area (Å²) in [6.07, 6.45) is 1.64. The molecule has 3 aromatic rings. The molecular formula is C21H17BrCl2FN5O2S. The molecule has 3 rings (SSSR count). The van der Waals surface area contributed by atoms with E-state index in [4.69, 9.17) is 23.2 Å². The van der Waals surface area contributed by atoms with Gasteiger partial charge in [0.2, 0.25) is 5.91 Å². The predicted octanol–water partition coefficient (Wildman–Crippen LogP) is 5.33. The van der Waals surface area contributed by atoms with E-state index in [2.05, 4.69) is 43.3 Å². The van der Waals surface area contributed by atoms with Crippen LogP contribution in [0.3, 0.4) is 0 Å². The number of allylic oxidation sites excluding steroid dienone is 1. The van der Waals surface area contributed by atoms with Gasteiger partial charge in [-0.1, -0.05) is 57.0 Å². The zero-order valence-corrected chi connectivity index (χ0v) is 20.9. The molecule has 2 N–H and O–H groups in total. The summed E-state index contributed by atoms with van der Waals surface area (Å²) in [4.78, 5) is 24.7. The van der Waals surface area contributed by atoms with Crippen molar-refractivity contribution in [3.63, 3.8) is 0 Å². The molecule has 0 fully saturated rings. The fraction of sp³-hybridized carbons (Fsp3) is 0.143. The molecule has 0 atom stereocenters. The lowest BCUT2D eigenvalue weighted by molar-refractivity contribution is -0.113. The molecule has 2 amide bonds. The Morgan fingerprint density at radius 3 is 2.70 bits per heavy atom. The molecule has 0 saturated carbocycles. The molecule has 1 heterocycles. The maximum absolute atomic E-state index is 13.9. The molecule has 0 unspecified atom stereocenters. The number of halogens is 4. The van der Waals surface area contributed by atoms with E-state index in [1.807, 2.05) is 0 Å². The van der Waals surface area contributed by atoms with Gasteiger partial charge in [0.05, 0.1) is 28.6 Å². The number of carbonyl (C=O) groups excluding carboxylic acids is 2. The second kappa shape index (κ2) is 11.6. The summed E-state index contributed by atoms with van der Waals surface area (Å²) in [6.45, 7) is 4.17. The van der Waals surface area contributed by atoms with E-state index in [-0.39, 0.29) is 28.6 Å². The average Bonchev–Trinajstić information content (AvgIpc) is 3.14. The van der Waals surface area contributed by atoms with Crippen molar-refractivity contribution in [2.24, 2.45) is 0 Å². The lowest BCUT2D eigenvalue weighted by atomic mass is 10.2. The van der Waals surface area contributed by atoms with Crippen molar-refractivity contribution < 1.29 is 14.0 Å². The summed E-state index contributed by atoms with van der Waals surface area (Å²) < 4.78 is 16.2. The second-order valence-electron chi connectivity index (χ2n) is 6.57. The van der Waals surface area contributed by atoms with Crippen molar-refractivity contribution in [1.82, 2.24) is 20.1 Å². The van der Waals surface area contributed by atoms with Crippen LogP contribution in [0.2, 0.25) is 10.0 Å². The Morgan fingerprint density at radius 2 is 2.00 bits per heavy atom. The summed E-state index contributed by atoms with van der Waals surface area (Å²) in [5.41, 5.74) is 0.364. The van der Waals surface area contributed by atoms with Gasteiger partial charge >= 0.3 is 0 Å². The Hall–Kier alpha value is -2.40. The molecule has 0 spiro atoms. The Balaban J connectivity index is 1.63. The molecule has 0 bridgehead atoms. The lowest BCUT2D eigenvalue weighted by Crippen LogP contribution is -2.25. The molecular weight excluding hydrogens is 556 g/mol. The molecule has 0 radical (unpaired) electrons. The molecule has 172 valence electrons. The highest BCUT2D eigenvalue weighted by atomic mass is 79.9. The highest BCUT2D eigenvalue weighted by Gasteiger charge is 2.16. The van der Waals surface area contributed by atoms with Crippen LogP contribution in [0.15, 0.2) is 58.7 Å². The van der Waals surface area contributed by atoms with E-state index in [1.54, 1.807) is 22.8 Å². The van der Waals surface area contributed by atoms with Crippen LogP contribution in [0.1, 0.15) is 16.2 Å². The highest BCUT2D eigenvalue weighted by molar-refractivity contribution is 9.10.